The smallest absolute Gasteiger partial charge is 0.222 e. The van der Waals surface area contributed by atoms with Gasteiger partial charge in [-0.05, 0) is 31.4 Å². The number of para-hydroxylation sites is 1. The summed E-state index contributed by atoms with van der Waals surface area (Å²) in [4.78, 5) is 21.4. The monoisotopic (exact) mass is 355 g/mol. The number of anilines is 1. The van der Waals surface area contributed by atoms with Crippen LogP contribution >= 0.6 is 0 Å². The first-order valence-corrected chi connectivity index (χ1v) is 9.45. The Balaban J connectivity index is 1.95. The van der Waals surface area contributed by atoms with Gasteiger partial charge >= 0.3 is 0 Å². The van der Waals surface area contributed by atoms with Crippen LogP contribution in [0.1, 0.15) is 37.3 Å². The number of hydrogen-bond donors (Lipinski definition) is 0. The number of benzene rings is 1. The Morgan fingerprint density at radius 1 is 1.35 bits per heavy atom. The van der Waals surface area contributed by atoms with Gasteiger partial charge in [-0.3, -0.25) is 4.79 Å². The van der Waals surface area contributed by atoms with Crippen LogP contribution in [0.25, 0.3) is 10.9 Å². The number of rotatable bonds is 6. The maximum atomic E-state index is 12.5. The lowest BCUT2D eigenvalue weighted by Crippen LogP contribution is -2.37. The summed E-state index contributed by atoms with van der Waals surface area (Å²) in [5.41, 5.74) is 3.26. The Kier molecular flexibility index (Phi) is 5.77. The highest BCUT2D eigenvalue weighted by Gasteiger charge is 2.23. The number of hydrogen-bond acceptors (Lipinski definition) is 4. The molecule has 3 rings (SSSR count). The normalized spacial score (nSPS) is 16.8. The van der Waals surface area contributed by atoms with Crippen molar-refractivity contribution in [3.63, 3.8) is 0 Å². The second-order valence-corrected chi connectivity index (χ2v) is 7.28. The highest BCUT2D eigenvalue weighted by molar-refractivity contribution is 5.85. The summed E-state index contributed by atoms with van der Waals surface area (Å²) < 4.78 is 5.76. The van der Waals surface area contributed by atoms with Crippen molar-refractivity contribution in [3.8, 4) is 0 Å². The second kappa shape index (κ2) is 8.04. The highest BCUT2D eigenvalue weighted by Crippen LogP contribution is 2.26. The van der Waals surface area contributed by atoms with Gasteiger partial charge in [0.25, 0.3) is 0 Å². The fourth-order valence-electron chi connectivity index (χ4n) is 3.60. The summed E-state index contributed by atoms with van der Waals surface area (Å²) in [5, 5.41) is 1.12. The van der Waals surface area contributed by atoms with Crippen LogP contribution in [-0.2, 0) is 16.1 Å². The maximum Gasteiger partial charge on any atom is 0.222 e. The van der Waals surface area contributed by atoms with Crippen molar-refractivity contribution in [1.29, 1.82) is 0 Å². The van der Waals surface area contributed by atoms with Crippen molar-refractivity contribution in [2.45, 2.75) is 45.8 Å². The van der Waals surface area contributed by atoms with E-state index in [1.807, 2.05) is 30.8 Å². The molecule has 0 saturated carbocycles. The molecule has 0 aliphatic carbocycles. The number of ether oxygens (including phenoxy) is 1. The predicted molar refractivity (Wildman–Crippen MR) is 105 cm³/mol. The van der Waals surface area contributed by atoms with E-state index < -0.39 is 0 Å². The Bertz CT molecular complexity index is 782. The lowest BCUT2D eigenvalue weighted by Gasteiger charge is -2.27. The molecule has 26 heavy (non-hydrogen) atoms. The molecule has 1 fully saturated rings. The molecule has 0 unspecified atom stereocenters. The van der Waals surface area contributed by atoms with E-state index in [9.17, 15) is 4.79 Å². The van der Waals surface area contributed by atoms with Crippen LogP contribution in [0, 0.1) is 6.92 Å². The molecule has 1 atom stereocenters. The zero-order valence-electron chi connectivity index (χ0n) is 16.3. The van der Waals surface area contributed by atoms with Gasteiger partial charge in [-0.15, -0.1) is 0 Å². The third kappa shape index (κ3) is 3.98. The molecule has 1 saturated heterocycles. The van der Waals surface area contributed by atoms with Crippen molar-refractivity contribution >= 4 is 22.6 Å². The van der Waals surface area contributed by atoms with E-state index in [4.69, 9.17) is 9.72 Å². The van der Waals surface area contributed by atoms with Crippen LogP contribution < -0.4 is 4.90 Å². The van der Waals surface area contributed by atoms with Crippen LogP contribution in [0.15, 0.2) is 24.3 Å². The van der Waals surface area contributed by atoms with Crippen LogP contribution in [0.5, 0.6) is 0 Å². The molecule has 0 N–H and O–H groups in total. The average molecular weight is 355 g/mol. The third-order valence-electron chi connectivity index (χ3n) is 4.99. The van der Waals surface area contributed by atoms with E-state index in [2.05, 4.69) is 31.2 Å². The van der Waals surface area contributed by atoms with Gasteiger partial charge in [-0.2, -0.15) is 0 Å². The molecule has 2 heterocycles. The largest absolute Gasteiger partial charge is 0.376 e. The van der Waals surface area contributed by atoms with E-state index in [0.29, 0.717) is 19.5 Å². The molecule has 140 valence electrons. The summed E-state index contributed by atoms with van der Waals surface area (Å²) in [6.45, 7) is 6.03. The van der Waals surface area contributed by atoms with E-state index >= 15 is 0 Å². The fraction of sp³-hybridized carbons (Fsp3) is 0.524. The van der Waals surface area contributed by atoms with E-state index in [0.717, 1.165) is 47.3 Å². The highest BCUT2D eigenvalue weighted by atomic mass is 16.5. The molecule has 1 amide bonds. The van der Waals surface area contributed by atoms with Crippen LogP contribution in [0.3, 0.4) is 0 Å². The van der Waals surface area contributed by atoms with Crippen molar-refractivity contribution in [3.05, 3.63) is 35.4 Å². The standard InChI is InChI=1S/C21H29N3O2/c1-5-19(25)24(14-18-10-7-11-26-18)13-17-12-16-9-6-8-15(2)20(16)22-21(17)23(3)4/h6,8-9,12,18H,5,7,10-11,13-14H2,1-4H3/t18-/m0/s1. The molecule has 0 radical (unpaired) electrons. The van der Waals surface area contributed by atoms with Crippen molar-refractivity contribution in [2.24, 2.45) is 0 Å². The Hall–Kier alpha value is -2.14. The zero-order valence-corrected chi connectivity index (χ0v) is 16.3. The van der Waals surface area contributed by atoms with Crippen LogP contribution in [0.4, 0.5) is 5.82 Å². The molecule has 2 aromatic rings. The van der Waals surface area contributed by atoms with Gasteiger partial charge in [0, 0.05) is 51.2 Å². The summed E-state index contributed by atoms with van der Waals surface area (Å²) in [7, 11) is 4.00. The van der Waals surface area contributed by atoms with Gasteiger partial charge in [0.1, 0.15) is 5.82 Å². The third-order valence-corrected chi connectivity index (χ3v) is 4.99. The van der Waals surface area contributed by atoms with Gasteiger partial charge in [0.05, 0.1) is 11.6 Å². The number of carbonyl (C=O) groups is 1. The first-order valence-electron chi connectivity index (χ1n) is 9.45. The minimum absolute atomic E-state index is 0.156. The first kappa shape index (κ1) is 18.6. The lowest BCUT2D eigenvalue weighted by molar-refractivity contribution is -0.133. The summed E-state index contributed by atoms with van der Waals surface area (Å²) >= 11 is 0. The average Bonchev–Trinajstić information content (AvgIpc) is 3.13. The number of aryl methyl sites for hydroxylation is 1. The quantitative estimate of drug-likeness (QED) is 0.795. The number of fused-ring (bicyclic) bond motifs is 1. The zero-order chi connectivity index (χ0) is 18.7. The van der Waals surface area contributed by atoms with E-state index in [1.54, 1.807) is 0 Å². The number of amides is 1. The van der Waals surface area contributed by atoms with Gasteiger partial charge in [0.15, 0.2) is 0 Å². The summed E-state index contributed by atoms with van der Waals surface area (Å²) in [6, 6.07) is 8.40. The Morgan fingerprint density at radius 3 is 2.81 bits per heavy atom. The molecular formula is C21H29N3O2. The Labute approximate surface area is 156 Å². The first-order chi connectivity index (χ1) is 12.5. The SMILES string of the molecule is CCC(=O)N(Cc1cc2cccc(C)c2nc1N(C)C)C[C@@H]1CCCO1. The number of aromatic nitrogens is 1. The summed E-state index contributed by atoms with van der Waals surface area (Å²) in [5.74, 6) is 1.09. The van der Waals surface area contributed by atoms with Gasteiger partial charge in [0.2, 0.25) is 5.91 Å². The molecule has 1 aromatic carbocycles. The molecule has 5 heteroatoms. The van der Waals surface area contributed by atoms with Gasteiger partial charge in [-0.1, -0.05) is 25.1 Å². The molecule has 1 aromatic heterocycles. The van der Waals surface area contributed by atoms with Crippen LogP contribution in [0.2, 0.25) is 0 Å². The molecule has 5 nitrogen and oxygen atoms in total. The second-order valence-electron chi connectivity index (χ2n) is 7.28. The minimum atomic E-state index is 0.156. The summed E-state index contributed by atoms with van der Waals surface area (Å²) in [6.07, 6.45) is 2.77. The molecular weight excluding hydrogens is 326 g/mol. The van der Waals surface area contributed by atoms with E-state index in [-0.39, 0.29) is 12.0 Å². The van der Waals surface area contributed by atoms with Gasteiger partial charge < -0.3 is 14.5 Å². The van der Waals surface area contributed by atoms with Crippen molar-refractivity contribution in [1.82, 2.24) is 9.88 Å². The molecule has 1 aliphatic heterocycles. The fourth-order valence-corrected chi connectivity index (χ4v) is 3.60. The molecule has 0 spiro atoms. The van der Waals surface area contributed by atoms with Gasteiger partial charge in [-0.25, -0.2) is 4.98 Å². The van der Waals surface area contributed by atoms with Crippen molar-refractivity contribution in [2.75, 3.05) is 32.1 Å². The molecule has 1 aliphatic rings. The van der Waals surface area contributed by atoms with Crippen LogP contribution in [-0.4, -0.2) is 49.1 Å². The Morgan fingerprint density at radius 2 is 2.15 bits per heavy atom. The lowest BCUT2D eigenvalue weighted by atomic mass is 10.1. The number of pyridine rings is 1. The predicted octanol–water partition coefficient (Wildman–Crippen LogP) is 3.53. The maximum absolute atomic E-state index is 12.5. The number of carbonyl (C=O) groups excluding carboxylic acids is 1. The van der Waals surface area contributed by atoms with E-state index in [1.165, 1.54) is 0 Å². The number of nitrogens with zero attached hydrogens (tertiary/aromatic N) is 3. The minimum Gasteiger partial charge on any atom is -0.376 e. The topological polar surface area (TPSA) is 45.7 Å². The van der Waals surface area contributed by atoms with Crippen molar-refractivity contribution < 1.29 is 9.53 Å². The molecule has 0 bridgehead atoms.